The summed E-state index contributed by atoms with van der Waals surface area (Å²) in [5.74, 6) is -1.46. The van der Waals surface area contributed by atoms with Crippen molar-refractivity contribution in [1.82, 2.24) is 10.7 Å². The van der Waals surface area contributed by atoms with Crippen molar-refractivity contribution in [2.45, 2.75) is 19.9 Å². The van der Waals surface area contributed by atoms with E-state index in [2.05, 4.69) is 15.8 Å². The number of carbonyl (C=O) groups excluding carboxylic acids is 2. The number of hydrogen-bond acceptors (Lipinski definition) is 5. The molecular weight excluding hydrogens is 262 g/mol. The predicted molar refractivity (Wildman–Crippen MR) is 73.7 cm³/mol. The topological polar surface area (TPSA) is 100 Å². The molecule has 0 atom stereocenters. The van der Waals surface area contributed by atoms with Crippen molar-refractivity contribution in [2.24, 2.45) is 5.10 Å². The van der Waals surface area contributed by atoms with E-state index in [0.717, 1.165) is 0 Å². The van der Waals surface area contributed by atoms with Crippen LogP contribution >= 0.6 is 0 Å². The second-order valence-electron chi connectivity index (χ2n) is 4.23. The van der Waals surface area contributed by atoms with Crippen molar-refractivity contribution in [2.75, 3.05) is 7.11 Å². The molecule has 0 aromatic heterocycles. The summed E-state index contributed by atoms with van der Waals surface area (Å²) >= 11 is 0. The zero-order valence-electron chi connectivity index (χ0n) is 11.5. The third kappa shape index (κ3) is 4.27. The van der Waals surface area contributed by atoms with Crippen molar-refractivity contribution in [3.05, 3.63) is 23.8 Å². The number of benzene rings is 1. The van der Waals surface area contributed by atoms with Crippen LogP contribution in [-0.2, 0) is 9.59 Å². The lowest BCUT2D eigenvalue weighted by atomic mass is 10.2. The number of hydrogen-bond donors (Lipinski definition) is 3. The Balaban J connectivity index is 2.66. The number of para-hydroxylation sites is 1. The van der Waals surface area contributed by atoms with E-state index in [4.69, 9.17) is 4.74 Å². The van der Waals surface area contributed by atoms with E-state index >= 15 is 0 Å². The number of aromatic hydroxyl groups is 1. The van der Waals surface area contributed by atoms with Crippen LogP contribution in [0.2, 0.25) is 0 Å². The highest BCUT2D eigenvalue weighted by Crippen LogP contribution is 2.27. The van der Waals surface area contributed by atoms with Gasteiger partial charge in [-0.05, 0) is 26.0 Å². The van der Waals surface area contributed by atoms with Crippen LogP contribution in [0.5, 0.6) is 11.5 Å². The fraction of sp³-hybridized carbons (Fsp3) is 0.308. The number of phenols is 1. The van der Waals surface area contributed by atoms with E-state index in [-0.39, 0.29) is 17.5 Å². The van der Waals surface area contributed by atoms with E-state index in [1.165, 1.54) is 13.3 Å². The summed E-state index contributed by atoms with van der Waals surface area (Å²) in [6.07, 6.45) is 1.22. The normalized spacial score (nSPS) is 10.6. The molecule has 0 saturated carbocycles. The molecule has 1 aromatic carbocycles. The largest absolute Gasteiger partial charge is 0.504 e. The Hall–Kier alpha value is -2.57. The third-order valence-corrected chi connectivity index (χ3v) is 2.25. The standard InChI is InChI=1S/C13H17N3O4/c1-8(2)15-12(18)13(19)16-14-7-9-5-4-6-10(20-3)11(9)17/h4-8,17H,1-3H3,(H,15,18)(H,16,19)/b14-7+. The summed E-state index contributed by atoms with van der Waals surface area (Å²) < 4.78 is 4.93. The number of phenolic OH excluding ortho intramolecular Hbond substituents is 1. The van der Waals surface area contributed by atoms with Crippen molar-refractivity contribution < 1.29 is 19.4 Å². The summed E-state index contributed by atoms with van der Waals surface area (Å²) in [5, 5.41) is 15.8. The van der Waals surface area contributed by atoms with Gasteiger partial charge in [-0.3, -0.25) is 9.59 Å². The molecule has 0 aliphatic rings. The molecule has 0 radical (unpaired) electrons. The number of rotatable bonds is 4. The molecule has 0 spiro atoms. The quantitative estimate of drug-likeness (QED) is 0.421. The van der Waals surface area contributed by atoms with Crippen LogP contribution in [0.3, 0.4) is 0 Å². The highest BCUT2D eigenvalue weighted by atomic mass is 16.5. The van der Waals surface area contributed by atoms with Gasteiger partial charge in [0.05, 0.1) is 13.3 Å². The number of nitrogens with one attached hydrogen (secondary N) is 2. The van der Waals surface area contributed by atoms with Crippen molar-refractivity contribution in [3.63, 3.8) is 0 Å². The number of nitrogens with zero attached hydrogens (tertiary/aromatic N) is 1. The molecule has 7 nitrogen and oxygen atoms in total. The molecule has 108 valence electrons. The molecule has 1 aromatic rings. The summed E-state index contributed by atoms with van der Waals surface area (Å²) in [4.78, 5) is 22.6. The Kier molecular flexibility index (Phi) is 5.52. The minimum Gasteiger partial charge on any atom is -0.504 e. The molecule has 0 fully saturated rings. The number of carbonyl (C=O) groups is 2. The fourth-order valence-electron chi connectivity index (χ4n) is 1.35. The van der Waals surface area contributed by atoms with E-state index in [1.807, 2.05) is 0 Å². The first kappa shape index (κ1) is 15.5. The Morgan fingerprint density at radius 2 is 2.05 bits per heavy atom. The predicted octanol–water partition coefficient (Wildman–Crippen LogP) is 0.375. The molecule has 0 heterocycles. The van der Waals surface area contributed by atoms with Crippen LogP contribution in [0.1, 0.15) is 19.4 Å². The number of amides is 2. The minimum atomic E-state index is -0.877. The van der Waals surface area contributed by atoms with Crippen LogP contribution in [-0.4, -0.2) is 36.3 Å². The minimum absolute atomic E-state index is 0.0976. The first-order chi connectivity index (χ1) is 9.45. The fourth-order valence-corrected chi connectivity index (χ4v) is 1.35. The Morgan fingerprint density at radius 1 is 1.35 bits per heavy atom. The van der Waals surface area contributed by atoms with Gasteiger partial charge in [0, 0.05) is 11.6 Å². The first-order valence-corrected chi connectivity index (χ1v) is 5.95. The van der Waals surface area contributed by atoms with Gasteiger partial charge in [-0.1, -0.05) is 6.07 Å². The summed E-state index contributed by atoms with van der Waals surface area (Å²) in [6.45, 7) is 3.48. The highest BCUT2D eigenvalue weighted by Gasteiger charge is 2.13. The Bertz CT molecular complexity index is 526. The van der Waals surface area contributed by atoms with Crippen molar-refractivity contribution in [3.8, 4) is 11.5 Å². The average molecular weight is 279 g/mol. The van der Waals surface area contributed by atoms with Crippen LogP contribution in [0.25, 0.3) is 0 Å². The number of hydrazone groups is 1. The van der Waals surface area contributed by atoms with E-state index < -0.39 is 11.8 Å². The second kappa shape index (κ2) is 7.13. The molecule has 3 N–H and O–H groups in total. The highest BCUT2D eigenvalue weighted by molar-refractivity contribution is 6.35. The Morgan fingerprint density at radius 3 is 2.65 bits per heavy atom. The van der Waals surface area contributed by atoms with Gasteiger partial charge in [-0.2, -0.15) is 5.10 Å². The van der Waals surface area contributed by atoms with Gasteiger partial charge in [-0.15, -0.1) is 0 Å². The molecule has 0 unspecified atom stereocenters. The lowest BCUT2D eigenvalue weighted by molar-refractivity contribution is -0.139. The smallest absolute Gasteiger partial charge is 0.329 e. The van der Waals surface area contributed by atoms with Gasteiger partial charge in [0.15, 0.2) is 11.5 Å². The van der Waals surface area contributed by atoms with E-state index in [1.54, 1.807) is 32.0 Å². The molecule has 1 rings (SSSR count). The maximum atomic E-state index is 11.4. The first-order valence-electron chi connectivity index (χ1n) is 5.95. The summed E-state index contributed by atoms with van der Waals surface area (Å²) in [5.41, 5.74) is 2.42. The maximum Gasteiger partial charge on any atom is 0.329 e. The van der Waals surface area contributed by atoms with Gasteiger partial charge in [0.1, 0.15) is 0 Å². The average Bonchev–Trinajstić information content (AvgIpc) is 2.39. The maximum absolute atomic E-state index is 11.4. The summed E-state index contributed by atoms with van der Waals surface area (Å²) in [7, 11) is 1.42. The van der Waals surface area contributed by atoms with Crippen LogP contribution in [0, 0.1) is 0 Å². The molecule has 0 saturated heterocycles. The Labute approximate surface area is 116 Å². The monoisotopic (exact) mass is 279 g/mol. The van der Waals surface area contributed by atoms with Crippen LogP contribution < -0.4 is 15.5 Å². The summed E-state index contributed by atoms with van der Waals surface area (Å²) in [6, 6.07) is 4.69. The number of methoxy groups -OCH3 is 1. The zero-order valence-corrected chi connectivity index (χ0v) is 11.5. The van der Waals surface area contributed by atoms with Crippen LogP contribution in [0.4, 0.5) is 0 Å². The van der Waals surface area contributed by atoms with Crippen molar-refractivity contribution >= 4 is 18.0 Å². The van der Waals surface area contributed by atoms with Gasteiger partial charge in [-0.25, -0.2) is 5.43 Å². The molecular formula is C13H17N3O4. The number of ether oxygens (including phenoxy) is 1. The van der Waals surface area contributed by atoms with Crippen molar-refractivity contribution in [1.29, 1.82) is 0 Å². The second-order valence-corrected chi connectivity index (χ2v) is 4.23. The molecule has 2 amide bonds. The van der Waals surface area contributed by atoms with E-state index in [0.29, 0.717) is 5.56 Å². The van der Waals surface area contributed by atoms with Gasteiger partial charge in [0.25, 0.3) is 0 Å². The lowest BCUT2D eigenvalue weighted by Crippen LogP contribution is -2.41. The van der Waals surface area contributed by atoms with Gasteiger partial charge < -0.3 is 15.2 Å². The zero-order chi connectivity index (χ0) is 15.1. The van der Waals surface area contributed by atoms with Crippen LogP contribution in [0.15, 0.2) is 23.3 Å². The van der Waals surface area contributed by atoms with E-state index in [9.17, 15) is 14.7 Å². The SMILES string of the molecule is COc1cccc(/C=N/NC(=O)C(=O)NC(C)C)c1O. The molecule has 20 heavy (non-hydrogen) atoms. The molecule has 0 aliphatic heterocycles. The van der Waals surface area contributed by atoms with Gasteiger partial charge in [0.2, 0.25) is 0 Å². The lowest BCUT2D eigenvalue weighted by Gasteiger charge is -2.06. The molecule has 0 aliphatic carbocycles. The molecule has 7 heteroatoms. The van der Waals surface area contributed by atoms with Gasteiger partial charge >= 0.3 is 11.8 Å². The molecule has 0 bridgehead atoms. The third-order valence-electron chi connectivity index (χ3n) is 2.25.